The highest BCUT2D eigenvalue weighted by Gasteiger charge is 2.52. The molecule has 0 atom stereocenters. The number of ether oxygens (including phenoxy) is 2. The summed E-state index contributed by atoms with van der Waals surface area (Å²) >= 11 is 0. The molecule has 4 amide bonds. The molecule has 2 heterocycles. The average molecular weight is 339 g/mol. The van der Waals surface area contributed by atoms with Gasteiger partial charge in [0.15, 0.2) is 6.61 Å². The number of rotatable bonds is 4. The molecule has 0 aromatic carbocycles. The van der Waals surface area contributed by atoms with Crippen LogP contribution in [-0.4, -0.2) is 78.6 Å². The van der Waals surface area contributed by atoms with Crippen molar-refractivity contribution < 1.29 is 28.7 Å². The molecule has 3 rings (SSSR count). The van der Waals surface area contributed by atoms with Crippen molar-refractivity contribution in [2.75, 3.05) is 39.5 Å². The first-order valence-corrected chi connectivity index (χ1v) is 8.17. The summed E-state index contributed by atoms with van der Waals surface area (Å²) in [7, 11) is 0. The third-order valence-corrected chi connectivity index (χ3v) is 4.71. The minimum atomic E-state index is -0.846. The number of nitrogens with one attached hydrogen (secondary N) is 1. The van der Waals surface area contributed by atoms with E-state index in [0.29, 0.717) is 39.1 Å². The SMILES string of the molecule is O=C(CN1C(=O)NC2(CCCC2)C1=O)OCC(=O)N1CCOCC1. The lowest BCUT2D eigenvalue weighted by molar-refractivity contribution is -0.155. The lowest BCUT2D eigenvalue weighted by Crippen LogP contribution is -2.45. The topological polar surface area (TPSA) is 105 Å². The van der Waals surface area contributed by atoms with E-state index in [2.05, 4.69) is 5.32 Å². The number of morpholine rings is 1. The maximum Gasteiger partial charge on any atom is 0.326 e. The van der Waals surface area contributed by atoms with Gasteiger partial charge < -0.3 is 19.7 Å². The van der Waals surface area contributed by atoms with Gasteiger partial charge >= 0.3 is 12.0 Å². The fourth-order valence-electron chi connectivity index (χ4n) is 3.36. The normalized spacial score (nSPS) is 22.8. The molecule has 1 aliphatic carbocycles. The number of nitrogens with zero attached hydrogens (tertiary/aromatic N) is 2. The van der Waals surface area contributed by atoms with Gasteiger partial charge in [-0.15, -0.1) is 0 Å². The molecule has 3 aliphatic rings. The van der Waals surface area contributed by atoms with Crippen LogP contribution in [0.5, 0.6) is 0 Å². The predicted molar refractivity (Wildman–Crippen MR) is 79.8 cm³/mol. The van der Waals surface area contributed by atoms with Gasteiger partial charge in [0.05, 0.1) is 13.2 Å². The van der Waals surface area contributed by atoms with Crippen molar-refractivity contribution in [2.24, 2.45) is 0 Å². The number of carbonyl (C=O) groups is 4. The van der Waals surface area contributed by atoms with Crippen LogP contribution >= 0.6 is 0 Å². The Hall–Kier alpha value is -2.16. The van der Waals surface area contributed by atoms with Crippen LogP contribution in [-0.2, 0) is 23.9 Å². The van der Waals surface area contributed by atoms with Crippen LogP contribution in [0.3, 0.4) is 0 Å². The highest BCUT2D eigenvalue weighted by atomic mass is 16.5. The molecule has 0 aromatic heterocycles. The highest BCUT2D eigenvalue weighted by molar-refractivity contribution is 6.08. The van der Waals surface area contributed by atoms with Gasteiger partial charge in [0.25, 0.3) is 11.8 Å². The molecule has 9 nitrogen and oxygen atoms in total. The van der Waals surface area contributed by atoms with Gasteiger partial charge in [-0.2, -0.15) is 0 Å². The van der Waals surface area contributed by atoms with Gasteiger partial charge in [0.2, 0.25) is 0 Å². The summed E-state index contributed by atoms with van der Waals surface area (Å²) in [5.74, 6) is -1.45. The lowest BCUT2D eigenvalue weighted by atomic mass is 9.98. The number of imide groups is 1. The van der Waals surface area contributed by atoms with Crippen molar-refractivity contribution in [3.63, 3.8) is 0 Å². The predicted octanol–water partition coefficient (Wildman–Crippen LogP) is -0.747. The third kappa shape index (κ3) is 3.21. The van der Waals surface area contributed by atoms with Crippen LogP contribution in [0.2, 0.25) is 0 Å². The van der Waals surface area contributed by atoms with Crippen LogP contribution in [0, 0.1) is 0 Å². The van der Waals surface area contributed by atoms with E-state index in [0.717, 1.165) is 17.7 Å². The van der Waals surface area contributed by atoms with Crippen molar-refractivity contribution in [1.82, 2.24) is 15.1 Å². The highest BCUT2D eigenvalue weighted by Crippen LogP contribution is 2.34. The number of amides is 4. The van der Waals surface area contributed by atoms with E-state index in [1.54, 1.807) is 4.90 Å². The van der Waals surface area contributed by atoms with E-state index in [4.69, 9.17) is 9.47 Å². The second-order valence-electron chi connectivity index (χ2n) is 6.26. The molecular weight excluding hydrogens is 318 g/mol. The zero-order valence-electron chi connectivity index (χ0n) is 13.4. The Balaban J connectivity index is 1.49. The Morgan fingerprint density at radius 2 is 1.83 bits per heavy atom. The van der Waals surface area contributed by atoms with Crippen molar-refractivity contribution in [3.05, 3.63) is 0 Å². The van der Waals surface area contributed by atoms with Gasteiger partial charge in [0.1, 0.15) is 12.1 Å². The number of urea groups is 1. The van der Waals surface area contributed by atoms with Crippen LogP contribution < -0.4 is 5.32 Å². The molecule has 2 saturated heterocycles. The Bertz CT molecular complexity index is 551. The molecule has 1 spiro atoms. The summed E-state index contributed by atoms with van der Waals surface area (Å²) in [5, 5.41) is 2.69. The first kappa shape index (κ1) is 16.7. The molecular formula is C15H21N3O6. The van der Waals surface area contributed by atoms with Crippen LogP contribution in [0.25, 0.3) is 0 Å². The summed E-state index contributed by atoms with van der Waals surface area (Å²) < 4.78 is 10.1. The first-order chi connectivity index (χ1) is 11.5. The van der Waals surface area contributed by atoms with Gasteiger partial charge in [-0.1, -0.05) is 12.8 Å². The molecule has 132 valence electrons. The summed E-state index contributed by atoms with van der Waals surface area (Å²) in [5.41, 5.74) is -0.846. The molecule has 9 heteroatoms. The van der Waals surface area contributed by atoms with E-state index in [-0.39, 0.29) is 11.8 Å². The van der Waals surface area contributed by atoms with Crippen molar-refractivity contribution in [2.45, 2.75) is 31.2 Å². The molecule has 3 fully saturated rings. The Morgan fingerprint density at radius 1 is 1.17 bits per heavy atom. The molecule has 1 saturated carbocycles. The summed E-state index contributed by atoms with van der Waals surface area (Å²) in [6.45, 7) is 0.989. The minimum Gasteiger partial charge on any atom is -0.454 e. The number of hydrogen-bond acceptors (Lipinski definition) is 6. The fraction of sp³-hybridized carbons (Fsp3) is 0.733. The first-order valence-electron chi connectivity index (χ1n) is 8.17. The zero-order valence-corrected chi connectivity index (χ0v) is 13.4. The lowest BCUT2D eigenvalue weighted by Gasteiger charge is -2.26. The average Bonchev–Trinajstić information content (AvgIpc) is 3.14. The smallest absolute Gasteiger partial charge is 0.326 e. The monoisotopic (exact) mass is 339 g/mol. The van der Waals surface area contributed by atoms with Gasteiger partial charge in [0, 0.05) is 13.1 Å². The largest absolute Gasteiger partial charge is 0.454 e. The second-order valence-corrected chi connectivity index (χ2v) is 6.26. The van der Waals surface area contributed by atoms with E-state index < -0.39 is 30.7 Å². The van der Waals surface area contributed by atoms with Gasteiger partial charge in [-0.05, 0) is 12.8 Å². The fourth-order valence-corrected chi connectivity index (χ4v) is 3.36. The van der Waals surface area contributed by atoms with Crippen LogP contribution in [0.1, 0.15) is 25.7 Å². The summed E-state index contributed by atoms with van der Waals surface area (Å²) in [4.78, 5) is 50.6. The molecule has 2 aliphatic heterocycles. The van der Waals surface area contributed by atoms with Crippen LogP contribution in [0.15, 0.2) is 0 Å². The van der Waals surface area contributed by atoms with Crippen molar-refractivity contribution in [3.8, 4) is 0 Å². The van der Waals surface area contributed by atoms with Gasteiger partial charge in [-0.3, -0.25) is 19.3 Å². The molecule has 0 unspecified atom stereocenters. The maximum atomic E-state index is 12.4. The van der Waals surface area contributed by atoms with Gasteiger partial charge in [-0.25, -0.2) is 4.79 Å². The Kier molecular flexibility index (Phi) is 4.70. The molecule has 24 heavy (non-hydrogen) atoms. The Labute approximate surface area is 139 Å². The summed E-state index contributed by atoms with van der Waals surface area (Å²) in [6, 6.07) is -0.571. The number of hydrogen-bond donors (Lipinski definition) is 1. The van der Waals surface area contributed by atoms with E-state index in [9.17, 15) is 19.2 Å². The molecule has 1 N–H and O–H groups in total. The minimum absolute atomic E-state index is 0.309. The summed E-state index contributed by atoms with van der Waals surface area (Å²) in [6.07, 6.45) is 2.94. The number of esters is 1. The quantitative estimate of drug-likeness (QED) is 0.534. The molecule has 0 bridgehead atoms. The maximum absolute atomic E-state index is 12.4. The third-order valence-electron chi connectivity index (χ3n) is 4.71. The van der Waals surface area contributed by atoms with Crippen molar-refractivity contribution >= 4 is 23.8 Å². The zero-order chi connectivity index (χ0) is 17.2. The van der Waals surface area contributed by atoms with Crippen LogP contribution in [0.4, 0.5) is 4.79 Å². The number of carbonyl (C=O) groups excluding carboxylic acids is 4. The molecule has 0 aromatic rings. The standard InChI is InChI=1S/C15H21N3O6/c19-11(17-5-7-23-8-6-17)10-24-12(20)9-18-13(21)15(16-14(18)22)3-1-2-4-15/h1-10H2,(H,16,22). The van der Waals surface area contributed by atoms with Crippen molar-refractivity contribution in [1.29, 1.82) is 0 Å². The molecule has 0 radical (unpaired) electrons. The second kappa shape index (κ2) is 6.76. The van der Waals surface area contributed by atoms with E-state index >= 15 is 0 Å². The van der Waals surface area contributed by atoms with E-state index in [1.165, 1.54) is 0 Å². The van der Waals surface area contributed by atoms with E-state index in [1.807, 2.05) is 0 Å². The Morgan fingerprint density at radius 3 is 2.50 bits per heavy atom.